The van der Waals surface area contributed by atoms with Crippen LogP contribution in [0.3, 0.4) is 0 Å². The standard InChI is InChI=1S/C16H18N4O2S/c1-10-6-12-14(23-10)7-13-16(22)20(17-9-19(12)13)8-15(21)18-11-4-2-3-5-11/h6-7,9,11H,2-5,8H2,1H3,(H,18,21). The highest BCUT2D eigenvalue weighted by atomic mass is 32.1. The predicted molar refractivity (Wildman–Crippen MR) is 90.0 cm³/mol. The minimum absolute atomic E-state index is 0.0241. The summed E-state index contributed by atoms with van der Waals surface area (Å²) in [5.41, 5.74) is 1.33. The molecular weight excluding hydrogens is 312 g/mol. The van der Waals surface area contributed by atoms with Crippen molar-refractivity contribution in [2.45, 2.75) is 45.2 Å². The molecule has 0 saturated heterocycles. The third-order valence-corrected chi connectivity index (χ3v) is 5.41. The third-order valence-electron chi connectivity index (χ3n) is 4.42. The van der Waals surface area contributed by atoms with Crippen molar-refractivity contribution < 1.29 is 4.79 Å². The molecule has 23 heavy (non-hydrogen) atoms. The molecule has 1 aliphatic rings. The van der Waals surface area contributed by atoms with E-state index < -0.39 is 0 Å². The molecule has 7 heteroatoms. The lowest BCUT2D eigenvalue weighted by Crippen LogP contribution is -2.38. The number of nitrogens with zero attached hydrogens (tertiary/aromatic N) is 3. The summed E-state index contributed by atoms with van der Waals surface area (Å²) < 4.78 is 4.11. The highest BCUT2D eigenvalue weighted by molar-refractivity contribution is 7.19. The Balaban J connectivity index is 1.63. The number of hydrogen-bond acceptors (Lipinski definition) is 4. The van der Waals surface area contributed by atoms with Crippen LogP contribution < -0.4 is 10.9 Å². The van der Waals surface area contributed by atoms with Gasteiger partial charge in [-0.05, 0) is 31.9 Å². The van der Waals surface area contributed by atoms with Gasteiger partial charge in [0, 0.05) is 10.9 Å². The molecule has 1 saturated carbocycles. The van der Waals surface area contributed by atoms with Gasteiger partial charge in [-0.15, -0.1) is 11.3 Å². The largest absolute Gasteiger partial charge is 0.352 e. The third kappa shape index (κ3) is 2.55. The second-order valence-corrected chi connectivity index (χ2v) is 7.44. The molecule has 1 amide bonds. The summed E-state index contributed by atoms with van der Waals surface area (Å²) in [5.74, 6) is -0.139. The van der Waals surface area contributed by atoms with E-state index in [1.54, 1.807) is 22.1 Å². The van der Waals surface area contributed by atoms with Crippen LogP contribution in [0.4, 0.5) is 0 Å². The molecular formula is C16H18N4O2S. The molecule has 0 radical (unpaired) electrons. The average Bonchev–Trinajstić information content (AvgIpc) is 3.19. The van der Waals surface area contributed by atoms with Gasteiger partial charge in [0.1, 0.15) is 18.4 Å². The number of fused-ring (bicyclic) bond motifs is 3. The lowest BCUT2D eigenvalue weighted by molar-refractivity contribution is -0.122. The topological polar surface area (TPSA) is 68.4 Å². The van der Waals surface area contributed by atoms with Gasteiger partial charge in [-0.1, -0.05) is 12.8 Å². The van der Waals surface area contributed by atoms with Gasteiger partial charge in [0.25, 0.3) is 5.56 Å². The number of carbonyl (C=O) groups is 1. The first-order chi connectivity index (χ1) is 11.1. The van der Waals surface area contributed by atoms with Crippen molar-refractivity contribution in [3.8, 4) is 0 Å². The monoisotopic (exact) mass is 330 g/mol. The minimum Gasteiger partial charge on any atom is -0.352 e. The summed E-state index contributed by atoms with van der Waals surface area (Å²) >= 11 is 1.65. The summed E-state index contributed by atoms with van der Waals surface area (Å²) in [6, 6.07) is 4.18. The summed E-state index contributed by atoms with van der Waals surface area (Å²) in [5, 5.41) is 7.15. The van der Waals surface area contributed by atoms with Crippen molar-refractivity contribution in [1.82, 2.24) is 19.5 Å². The maximum atomic E-state index is 12.6. The van der Waals surface area contributed by atoms with Crippen LogP contribution in [0.1, 0.15) is 30.6 Å². The summed E-state index contributed by atoms with van der Waals surface area (Å²) in [4.78, 5) is 25.9. The fourth-order valence-corrected chi connectivity index (χ4v) is 4.26. The molecule has 0 atom stereocenters. The molecule has 1 fully saturated rings. The van der Waals surface area contributed by atoms with Gasteiger partial charge >= 0.3 is 0 Å². The summed E-state index contributed by atoms with van der Waals surface area (Å²) in [7, 11) is 0. The van der Waals surface area contributed by atoms with Gasteiger partial charge < -0.3 is 5.32 Å². The minimum atomic E-state index is -0.227. The van der Waals surface area contributed by atoms with E-state index in [9.17, 15) is 9.59 Å². The van der Waals surface area contributed by atoms with Crippen LogP contribution in [0.5, 0.6) is 0 Å². The molecule has 0 aliphatic heterocycles. The van der Waals surface area contributed by atoms with E-state index >= 15 is 0 Å². The van der Waals surface area contributed by atoms with Gasteiger partial charge in [-0.3, -0.25) is 14.0 Å². The van der Waals surface area contributed by atoms with Gasteiger partial charge in [0.2, 0.25) is 5.91 Å². The first-order valence-corrected chi connectivity index (χ1v) is 8.70. The van der Waals surface area contributed by atoms with Crippen LogP contribution in [0.15, 0.2) is 23.3 Å². The van der Waals surface area contributed by atoms with E-state index in [4.69, 9.17) is 0 Å². The first kappa shape index (κ1) is 14.4. The predicted octanol–water partition coefficient (Wildman–Crippen LogP) is 2.08. The molecule has 3 aromatic heterocycles. The number of amides is 1. The lowest BCUT2D eigenvalue weighted by Gasteiger charge is -2.12. The Morgan fingerprint density at radius 3 is 2.91 bits per heavy atom. The molecule has 4 rings (SSSR count). The number of aryl methyl sites for hydroxylation is 1. The highest BCUT2D eigenvalue weighted by Gasteiger charge is 2.18. The fourth-order valence-electron chi connectivity index (χ4n) is 3.31. The summed E-state index contributed by atoms with van der Waals surface area (Å²) in [6.45, 7) is 2.02. The number of aromatic nitrogens is 3. The van der Waals surface area contributed by atoms with E-state index in [1.807, 2.05) is 19.1 Å². The van der Waals surface area contributed by atoms with Crippen molar-refractivity contribution in [2.24, 2.45) is 0 Å². The molecule has 0 aromatic carbocycles. The number of nitrogens with one attached hydrogen (secondary N) is 1. The smallest absolute Gasteiger partial charge is 0.291 e. The van der Waals surface area contributed by atoms with Crippen LogP contribution >= 0.6 is 11.3 Å². The number of hydrogen-bond donors (Lipinski definition) is 1. The number of rotatable bonds is 3. The number of carbonyl (C=O) groups excluding carboxylic acids is 1. The Hall–Kier alpha value is -2.15. The highest BCUT2D eigenvalue weighted by Crippen LogP contribution is 2.27. The zero-order valence-electron chi connectivity index (χ0n) is 12.9. The molecule has 120 valence electrons. The molecule has 1 N–H and O–H groups in total. The van der Waals surface area contributed by atoms with Crippen LogP contribution in [-0.2, 0) is 11.3 Å². The van der Waals surface area contributed by atoms with Crippen LogP contribution in [0, 0.1) is 6.92 Å². The normalized spacial score (nSPS) is 15.7. The van der Waals surface area contributed by atoms with Crippen LogP contribution in [0.2, 0.25) is 0 Å². The van der Waals surface area contributed by atoms with Crippen molar-refractivity contribution in [3.05, 3.63) is 33.7 Å². The average molecular weight is 330 g/mol. The van der Waals surface area contributed by atoms with Gasteiger partial charge in [-0.25, -0.2) is 4.68 Å². The quantitative estimate of drug-likeness (QED) is 0.799. The van der Waals surface area contributed by atoms with Crippen molar-refractivity contribution >= 4 is 33.0 Å². The Labute approximate surface area is 136 Å². The maximum Gasteiger partial charge on any atom is 0.291 e. The molecule has 0 spiro atoms. The van der Waals surface area contributed by atoms with Gasteiger partial charge in [-0.2, -0.15) is 5.10 Å². The molecule has 3 aromatic rings. The first-order valence-electron chi connectivity index (χ1n) is 7.88. The SMILES string of the molecule is Cc1cc2c(cc3c(=O)n(CC(=O)NC4CCCC4)ncn32)s1. The van der Waals surface area contributed by atoms with Crippen molar-refractivity contribution in [3.63, 3.8) is 0 Å². The van der Waals surface area contributed by atoms with E-state index in [0.29, 0.717) is 5.52 Å². The molecule has 0 unspecified atom stereocenters. The molecule has 3 heterocycles. The van der Waals surface area contributed by atoms with E-state index in [-0.39, 0.29) is 24.1 Å². The van der Waals surface area contributed by atoms with E-state index in [2.05, 4.69) is 10.4 Å². The van der Waals surface area contributed by atoms with Crippen molar-refractivity contribution in [1.29, 1.82) is 0 Å². The molecule has 6 nitrogen and oxygen atoms in total. The van der Waals surface area contributed by atoms with E-state index in [0.717, 1.165) is 35.9 Å². The Morgan fingerprint density at radius 1 is 1.35 bits per heavy atom. The zero-order valence-corrected chi connectivity index (χ0v) is 13.7. The van der Waals surface area contributed by atoms with Crippen LogP contribution in [0.25, 0.3) is 15.7 Å². The van der Waals surface area contributed by atoms with Crippen molar-refractivity contribution in [2.75, 3.05) is 0 Å². The second kappa shape index (κ2) is 5.49. The van der Waals surface area contributed by atoms with Gasteiger partial charge in [0.05, 0.1) is 10.2 Å². The number of thiophene rings is 1. The maximum absolute atomic E-state index is 12.6. The molecule has 1 aliphatic carbocycles. The van der Waals surface area contributed by atoms with Gasteiger partial charge in [0.15, 0.2) is 0 Å². The Kier molecular flexibility index (Phi) is 3.45. The second-order valence-electron chi connectivity index (χ2n) is 6.15. The fraction of sp³-hybridized carbons (Fsp3) is 0.438. The summed E-state index contributed by atoms with van der Waals surface area (Å²) in [6.07, 6.45) is 6.00. The van der Waals surface area contributed by atoms with Crippen LogP contribution in [-0.4, -0.2) is 26.1 Å². The Morgan fingerprint density at radius 2 is 2.13 bits per heavy atom. The zero-order chi connectivity index (χ0) is 16.0. The van der Waals surface area contributed by atoms with E-state index in [1.165, 1.54) is 9.56 Å². The molecule has 0 bridgehead atoms. The Bertz CT molecular complexity index is 946. The lowest BCUT2D eigenvalue weighted by atomic mass is 10.2.